The Morgan fingerprint density at radius 2 is 2.18 bits per heavy atom. The zero-order valence-electron chi connectivity index (χ0n) is 15.4. The molecule has 1 amide bonds. The summed E-state index contributed by atoms with van der Waals surface area (Å²) in [6.07, 6.45) is 7.21. The highest BCUT2D eigenvalue weighted by Gasteiger charge is 2.24. The van der Waals surface area contributed by atoms with Crippen molar-refractivity contribution in [2.24, 2.45) is 5.73 Å². The van der Waals surface area contributed by atoms with Crippen LogP contribution in [0.3, 0.4) is 0 Å². The number of carbonyl (C=O) groups is 1. The fraction of sp³-hybridized carbons (Fsp3) is 0.316. The Labute approximate surface area is 177 Å². The van der Waals surface area contributed by atoms with Gasteiger partial charge >= 0.3 is 0 Å². The number of amides is 1. The van der Waals surface area contributed by atoms with Crippen LogP contribution in [0.5, 0.6) is 0 Å². The van der Waals surface area contributed by atoms with Crippen molar-refractivity contribution in [2.45, 2.75) is 25.8 Å². The van der Waals surface area contributed by atoms with Crippen LogP contribution in [0.4, 0.5) is 11.4 Å². The number of hydrogen-bond donors (Lipinski definition) is 3. The number of H-pyrrole nitrogens is 1. The second kappa shape index (κ2) is 8.46. The fourth-order valence-electron chi connectivity index (χ4n) is 3.47. The van der Waals surface area contributed by atoms with Crippen molar-refractivity contribution in [2.75, 3.05) is 23.3 Å². The molecule has 0 aliphatic carbocycles. The fourth-order valence-corrected chi connectivity index (χ4v) is 4.02. The van der Waals surface area contributed by atoms with E-state index in [4.69, 9.17) is 5.73 Å². The van der Waals surface area contributed by atoms with E-state index >= 15 is 0 Å². The minimum Gasteiger partial charge on any atom is -0.368 e. The van der Waals surface area contributed by atoms with Crippen molar-refractivity contribution in [3.8, 4) is 0 Å². The molecule has 1 aliphatic heterocycles. The quantitative estimate of drug-likeness (QED) is 0.548. The number of rotatable bonds is 3. The van der Waals surface area contributed by atoms with Crippen molar-refractivity contribution in [3.63, 3.8) is 0 Å². The Hall–Kier alpha value is -2.16. The van der Waals surface area contributed by atoms with E-state index in [1.165, 1.54) is 0 Å². The minimum absolute atomic E-state index is 0. The molecule has 0 aromatic carbocycles. The van der Waals surface area contributed by atoms with Gasteiger partial charge in [0.1, 0.15) is 5.65 Å². The molecule has 7 nitrogen and oxygen atoms in total. The monoisotopic (exact) mass is 464 g/mol. The average molecular weight is 466 g/mol. The molecule has 0 spiro atoms. The van der Waals surface area contributed by atoms with Crippen molar-refractivity contribution < 1.29 is 4.79 Å². The van der Waals surface area contributed by atoms with Gasteiger partial charge in [0.05, 0.1) is 26.8 Å². The van der Waals surface area contributed by atoms with Gasteiger partial charge in [0.25, 0.3) is 5.91 Å². The Kier molecular flexibility index (Phi) is 6.22. The van der Waals surface area contributed by atoms with Crippen LogP contribution in [0.2, 0.25) is 0 Å². The van der Waals surface area contributed by atoms with Gasteiger partial charge in [0, 0.05) is 43.4 Å². The average Bonchev–Trinajstić information content (AvgIpc) is 3.05. The summed E-state index contributed by atoms with van der Waals surface area (Å²) in [5.41, 5.74) is 9.99. The molecule has 9 heteroatoms. The smallest absolute Gasteiger partial charge is 0.257 e. The van der Waals surface area contributed by atoms with E-state index < -0.39 is 0 Å². The van der Waals surface area contributed by atoms with E-state index in [1.807, 2.05) is 13.0 Å². The lowest BCUT2D eigenvalue weighted by Gasteiger charge is -2.33. The number of nitrogens with one attached hydrogen (secondary N) is 2. The third-order valence-electron chi connectivity index (χ3n) is 4.83. The molecular weight excluding hydrogens is 444 g/mol. The number of nitrogens with two attached hydrogens (primary N) is 1. The predicted molar refractivity (Wildman–Crippen MR) is 117 cm³/mol. The maximum Gasteiger partial charge on any atom is 0.257 e. The summed E-state index contributed by atoms with van der Waals surface area (Å²) in [7, 11) is 0. The molecule has 3 aromatic rings. The molecular formula is C19H22BrClN6O. The Morgan fingerprint density at radius 3 is 2.89 bits per heavy atom. The van der Waals surface area contributed by atoms with Crippen LogP contribution in [-0.2, 0) is 0 Å². The van der Waals surface area contributed by atoms with Crippen molar-refractivity contribution in [1.82, 2.24) is 15.0 Å². The number of aromatic nitrogens is 3. The predicted octanol–water partition coefficient (Wildman–Crippen LogP) is 3.63. The molecule has 1 atom stereocenters. The number of nitrogens with zero attached hydrogens (tertiary/aromatic N) is 3. The number of fused-ring (bicyclic) bond motifs is 1. The Balaban J connectivity index is 0.00000225. The molecule has 1 aliphatic rings. The summed E-state index contributed by atoms with van der Waals surface area (Å²) in [6.45, 7) is 3.59. The van der Waals surface area contributed by atoms with E-state index in [9.17, 15) is 4.79 Å². The SMILES string of the molecule is Cc1ccc(C(=O)Nc2c[nH]c3ncc(Br)c(N4CCC[C@@H](N)C4)c23)cn1.Cl. The molecule has 4 N–H and O–H groups in total. The van der Waals surface area contributed by atoms with E-state index in [-0.39, 0.29) is 24.4 Å². The molecule has 0 saturated carbocycles. The van der Waals surface area contributed by atoms with Crippen LogP contribution in [0.25, 0.3) is 11.0 Å². The summed E-state index contributed by atoms with van der Waals surface area (Å²) in [5, 5.41) is 3.87. The Morgan fingerprint density at radius 1 is 1.36 bits per heavy atom. The molecule has 3 aromatic heterocycles. The highest BCUT2D eigenvalue weighted by Crippen LogP contribution is 2.38. The highest BCUT2D eigenvalue weighted by molar-refractivity contribution is 9.10. The second-order valence-electron chi connectivity index (χ2n) is 6.87. The topological polar surface area (TPSA) is 99.9 Å². The van der Waals surface area contributed by atoms with Crippen LogP contribution in [0, 0.1) is 6.92 Å². The van der Waals surface area contributed by atoms with Crippen molar-refractivity contribution in [3.05, 3.63) is 46.5 Å². The normalized spacial score (nSPS) is 16.7. The number of hydrogen-bond acceptors (Lipinski definition) is 5. The third kappa shape index (κ3) is 3.99. The van der Waals surface area contributed by atoms with Crippen molar-refractivity contribution >= 4 is 56.7 Å². The number of anilines is 2. The van der Waals surface area contributed by atoms with Gasteiger partial charge in [0.15, 0.2) is 0 Å². The van der Waals surface area contributed by atoms with Gasteiger partial charge in [-0.15, -0.1) is 12.4 Å². The highest BCUT2D eigenvalue weighted by atomic mass is 79.9. The zero-order valence-corrected chi connectivity index (χ0v) is 17.8. The number of pyridine rings is 2. The number of aromatic amines is 1. The summed E-state index contributed by atoms with van der Waals surface area (Å²) in [6, 6.07) is 3.73. The number of carbonyl (C=O) groups excluding carboxylic acids is 1. The molecule has 4 heterocycles. The maximum atomic E-state index is 12.7. The first-order chi connectivity index (χ1) is 13.0. The lowest BCUT2D eigenvalue weighted by atomic mass is 10.1. The standard InChI is InChI=1S/C19H21BrN6O.ClH/c1-11-4-5-12(7-22-11)19(27)25-15-9-24-18-16(15)17(14(20)8-23-18)26-6-2-3-13(21)10-26;/h4-5,7-9,13H,2-3,6,10,21H2,1H3,(H,23,24)(H,25,27);1H/t13-;/m1./s1. The van der Waals surface area contributed by atoms with Gasteiger partial charge in [-0.05, 0) is 47.8 Å². The molecule has 1 fully saturated rings. The molecule has 4 rings (SSSR count). The zero-order chi connectivity index (χ0) is 19.0. The van der Waals surface area contributed by atoms with Crippen LogP contribution in [-0.4, -0.2) is 40.0 Å². The van der Waals surface area contributed by atoms with Crippen LogP contribution in [0.1, 0.15) is 28.9 Å². The largest absolute Gasteiger partial charge is 0.368 e. The molecule has 0 unspecified atom stereocenters. The van der Waals surface area contributed by atoms with Crippen LogP contribution >= 0.6 is 28.3 Å². The molecule has 28 heavy (non-hydrogen) atoms. The lowest BCUT2D eigenvalue weighted by molar-refractivity contribution is 0.102. The first-order valence-corrected chi connectivity index (χ1v) is 9.72. The summed E-state index contributed by atoms with van der Waals surface area (Å²) < 4.78 is 0.885. The van der Waals surface area contributed by atoms with E-state index in [2.05, 4.69) is 41.1 Å². The van der Waals surface area contributed by atoms with E-state index in [0.29, 0.717) is 11.3 Å². The second-order valence-corrected chi connectivity index (χ2v) is 7.73. The van der Waals surface area contributed by atoms with Crippen molar-refractivity contribution in [1.29, 1.82) is 0 Å². The first kappa shape index (κ1) is 20.6. The maximum absolute atomic E-state index is 12.7. The molecule has 148 valence electrons. The van der Waals surface area contributed by atoms with Gasteiger partial charge < -0.3 is 20.9 Å². The summed E-state index contributed by atoms with van der Waals surface area (Å²) in [4.78, 5) is 26.7. The first-order valence-electron chi connectivity index (χ1n) is 8.93. The van der Waals surface area contributed by atoms with E-state index in [0.717, 1.165) is 52.8 Å². The summed E-state index contributed by atoms with van der Waals surface area (Å²) >= 11 is 3.63. The summed E-state index contributed by atoms with van der Waals surface area (Å²) in [5.74, 6) is -0.204. The number of halogens is 2. The van der Waals surface area contributed by atoms with Gasteiger partial charge in [-0.3, -0.25) is 9.78 Å². The van der Waals surface area contributed by atoms with Gasteiger partial charge in [-0.2, -0.15) is 0 Å². The van der Waals surface area contributed by atoms with Crippen LogP contribution < -0.4 is 16.0 Å². The number of piperidine rings is 1. The molecule has 0 bridgehead atoms. The molecule has 1 saturated heterocycles. The third-order valence-corrected chi connectivity index (χ3v) is 5.41. The molecule has 0 radical (unpaired) electrons. The Bertz CT molecular complexity index is 990. The van der Waals surface area contributed by atoms with Gasteiger partial charge in [-0.1, -0.05) is 0 Å². The minimum atomic E-state index is -0.204. The number of aryl methyl sites for hydroxylation is 1. The van der Waals surface area contributed by atoms with Gasteiger partial charge in [-0.25, -0.2) is 4.98 Å². The van der Waals surface area contributed by atoms with E-state index in [1.54, 1.807) is 24.7 Å². The van der Waals surface area contributed by atoms with Crippen LogP contribution in [0.15, 0.2) is 35.2 Å². The van der Waals surface area contributed by atoms with Gasteiger partial charge in [0.2, 0.25) is 0 Å². The lowest BCUT2D eigenvalue weighted by Crippen LogP contribution is -2.43.